The number of nitrogen functional groups attached to an aromatic ring is 1. The third kappa shape index (κ3) is 2.86. The molecule has 7 nitrogen and oxygen atoms in total. The summed E-state index contributed by atoms with van der Waals surface area (Å²) in [4.78, 5) is 9.39. The van der Waals surface area contributed by atoms with Gasteiger partial charge in [0.2, 0.25) is 0 Å². The number of aromatic carboxylic acids is 1. The minimum absolute atomic E-state index is 0. The molecule has 1 aromatic carbocycles. The quantitative estimate of drug-likeness (QED) is 0.280. The van der Waals surface area contributed by atoms with E-state index in [1.807, 2.05) is 0 Å². The van der Waals surface area contributed by atoms with Crippen LogP contribution in [0.3, 0.4) is 0 Å². The molecule has 0 saturated carbocycles. The Bertz CT molecular complexity index is 526. The number of hydrogen-bond acceptors (Lipinski definition) is 5. The standard InChI is InChI=1S/C7H7NO6S.Na/c8-4-2-1-3(7(10)11)5(9)6(4)15(12,13)14;/h1-2,9H,8H2,(H,10,11)(H,12,13,14);/q;+1/p-1. The van der Waals surface area contributed by atoms with Gasteiger partial charge in [-0.05, 0) is 12.1 Å². The van der Waals surface area contributed by atoms with E-state index < -0.39 is 38.0 Å². The molecule has 0 saturated heterocycles. The molecule has 0 atom stereocenters. The van der Waals surface area contributed by atoms with Crippen LogP contribution in [0.2, 0.25) is 0 Å². The molecule has 0 spiro atoms. The van der Waals surface area contributed by atoms with Crippen LogP contribution in [0.4, 0.5) is 5.69 Å². The van der Waals surface area contributed by atoms with Gasteiger partial charge in [0.25, 0.3) is 10.1 Å². The molecular formula is C7H6NNaO6S. The molecule has 0 aromatic heterocycles. The molecule has 0 aliphatic rings. The molecule has 1 aromatic rings. The van der Waals surface area contributed by atoms with Gasteiger partial charge in [0, 0.05) is 0 Å². The zero-order valence-electron chi connectivity index (χ0n) is 8.17. The van der Waals surface area contributed by atoms with E-state index in [2.05, 4.69) is 0 Å². The van der Waals surface area contributed by atoms with Gasteiger partial charge in [-0.1, -0.05) is 5.75 Å². The zero-order valence-corrected chi connectivity index (χ0v) is 11.0. The monoisotopic (exact) mass is 255 g/mol. The molecule has 0 fully saturated rings. The molecule has 0 bridgehead atoms. The van der Waals surface area contributed by atoms with Crippen molar-refractivity contribution in [2.75, 3.05) is 5.73 Å². The SMILES string of the molecule is Nc1ccc(C(=O)O)c([O-])c1S(=O)(=O)O.[Na+]. The molecule has 0 heterocycles. The number of nitrogens with two attached hydrogens (primary N) is 1. The first-order valence-corrected chi connectivity index (χ1v) is 4.99. The Kier molecular flexibility index (Phi) is 4.77. The summed E-state index contributed by atoms with van der Waals surface area (Å²) < 4.78 is 30.1. The van der Waals surface area contributed by atoms with E-state index in [-0.39, 0.29) is 29.6 Å². The summed E-state index contributed by atoms with van der Waals surface area (Å²) in [5.74, 6) is -2.92. The van der Waals surface area contributed by atoms with Crippen LogP contribution in [0.1, 0.15) is 10.4 Å². The first-order chi connectivity index (χ1) is 6.75. The van der Waals surface area contributed by atoms with Crippen LogP contribution in [-0.2, 0) is 10.1 Å². The molecule has 9 heteroatoms. The van der Waals surface area contributed by atoms with E-state index in [1.165, 1.54) is 0 Å². The van der Waals surface area contributed by atoms with Gasteiger partial charge in [-0.15, -0.1) is 0 Å². The maximum atomic E-state index is 11.3. The van der Waals surface area contributed by atoms with Crippen LogP contribution in [0.15, 0.2) is 17.0 Å². The van der Waals surface area contributed by atoms with Gasteiger partial charge in [-0.3, -0.25) is 4.55 Å². The van der Waals surface area contributed by atoms with Gasteiger partial charge < -0.3 is 15.9 Å². The Morgan fingerprint density at radius 1 is 1.38 bits per heavy atom. The number of anilines is 1. The number of carbonyl (C=O) groups is 1. The van der Waals surface area contributed by atoms with Crippen LogP contribution < -0.4 is 40.4 Å². The Labute approximate surface area is 113 Å². The molecule has 1 rings (SSSR count). The molecule has 0 radical (unpaired) electrons. The molecule has 0 amide bonds. The van der Waals surface area contributed by atoms with Crippen LogP contribution in [0.25, 0.3) is 0 Å². The first kappa shape index (κ1) is 15.2. The fourth-order valence-electron chi connectivity index (χ4n) is 1.01. The second kappa shape index (κ2) is 5.02. The smallest absolute Gasteiger partial charge is 0.871 e. The Morgan fingerprint density at radius 3 is 2.25 bits per heavy atom. The van der Waals surface area contributed by atoms with Crippen molar-refractivity contribution in [3.05, 3.63) is 17.7 Å². The van der Waals surface area contributed by atoms with Gasteiger partial charge in [0.15, 0.2) is 0 Å². The predicted molar refractivity (Wildman–Crippen MR) is 47.1 cm³/mol. The van der Waals surface area contributed by atoms with E-state index in [4.69, 9.17) is 15.4 Å². The van der Waals surface area contributed by atoms with Crippen molar-refractivity contribution < 1.29 is 57.5 Å². The Morgan fingerprint density at radius 2 is 1.88 bits per heavy atom. The molecule has 0 aliphatic heterocycles. The van der Waals surface area contributed by atoms with Crippen molar-refractivity contribution in [1.82, 2.24) is 0 Å². The van der Waals surface area contributed by atoms with E-state index in [0.717, 1.165) is 12.1 Å². The summed E-state index contributed by atoms with van der Waals surface area (Å²) in [7, 11) is -4.82. The minimum atomic E-state index is -4.82. The summed E-state index contributed by atoms with van der Waals surface area (Å²) in [5, 5.41) is 19.8. The van der Waals surface area contributed by atoms with Crippen molar-refractivity contribution in [3.8, 4) is 5.75 Å². The van der Waals surface area contributed by atoms with Crippen LogP contribution in [-0.4, -0.2) is 24.0 Å². The van der Waals surface area contributed by atoms with E-state index in [1.54, 1.807) is 0 Å². The molecular weight excluding hydrogens is 249 g/mol. The normalized spacial score (nSPS) is 10.6. The average molecular weight is 255 g/mol. The van der Waals surface area contributed by atoms with Crippen molar-refractivity contribution >= 4 is 21.8 Å². The average Bonchev–Trinajstić information content (AvgIpc) is 2.00. The fraction of sp³-hybridized carbons (Fsp3) is 0. The van der Waals surface area contributed by atoms with Crippen LogP contribution >= 0.6 is 0 Å². The number of carboxylic acids is 1. The molecule has 0 unspecified atom stereocenters. The Balaban J connectivity index is 0.00000225. The van der Waals surface area contributed by atoms with Gasteiger partial charge in [0.05, 0.1) is 11.3 Å². The zero-order chi connectivity index (χ0) is 11.8. The van der Waals surface area contributed by atoms with Crippen LogP contribution in [0.5, 0.6) is 5.75 Å². The van der Waals surface area contributed by atoms with Crippen molar-refractivity contribution in [2.24, 2.45) is 0 Å². The van der Waals surface area contributed by atoms with E-state index in [9.17, 15) is 18.3 Å². The van der Waals surface area contributed by atoms with Gasteiger partial charge in [-0.2, -0.15) is 8.42 Å². The maximum Gasteiger partial charge on any atom is 1.00 e. The molecule has 0 aliphatic carbocycles. The number of rotatable bonds is 2. The van der Waals surface area contributed by atoms with Gasteiger partial charge in [0.1, 0.15) is 4.90 Å². The minimum Gasteiger partial charge on any atom is -0.871 e. The topological polar surface area (TPSA) is 141 Å². The molecule has 82 valence electrons. The van der Waals surface area contributed by atoms with E-state index >= 15 is 0 Å². The number of hydrogen-bond donors (Lipinski definition) is 3. The van der Waals surface area contributed by atoms with Crippen molar-refractivity contribution in [1.29, 1.82) is 0 Å². The Hall–Kier alpha value is -0.800. The van der Waals surface area contributed by atoms with Crippen molar-refractivity contribution in [3.63, 3.8) is 0 Å². The number of benzene rings is 1. The largest absolute Gasteiger partial charge is 1.00 e. The summed E-state index contributed by atoms with van der Waals surface area (Å²) in [6.45, 7) is 0. The van der Waals surface area contributed by atoms with Crippen molar-refractivity contribution in [2.45, 2.75) is 4.90 Å². The second-order valence-electron chi connectivity index (χ2n) is 2.64. The third-order valence-electron chi connectivity index (χ3n) is 1.63. The fourth-order valence-corrected chi connectivity index (χ4v) is 1.72. The second-order valence-corrected chi connectivity index (χ2v) is 4.00. The molecule has 16 heavy (non-hydrogen) atoms. The van der Waals surface area contributed by atoms with Gasteiger partial charge >= 0.3 is 35.5 Å². The maximum absolute atomic E-state index is 11.3. The first-order valence-electron chi connectivity index (χ1n) is 3.55. The van der Waals surface area contributed by atoms with Crippen LogP contribution in [0, 0.1) is 0 Å². The van der Waals surface area contributed by atoms with E-state index in [0.29, 0.717) is 0 Å². The summed E-state index contributed by atoms with van der Waals surface area (Å²) in [5.41, 5.74) is 3.88. The summed E-state index contributed by atoms with van der Waals surface area (Å²) in [6, 6.07) is 1.79. The number of carboxylic acid groups (broad SMARTS) is 1. The summed E-state index contributed by atoms with van der Waals surface area (Å²) in [6.07, 6.45) is 0. The van der Waals surface area contributed by atoms with Gasteiger partial charge in [-0.25, -0.2) is 4.79 Å². The summed E-state index contributed by atoms with van der Waals surface area (Å²) >= 11 is 0. The predicted octanol–water partition coefficient (Wildman–Crippen LogP) is -3.71. The third-order valence-corrected chi connectivity index (χ3v) is 2.57. The molecule has 4 N–H and O–H groups in total.